The van der Waals surface area contributed by atoms with Gasteiger partial charge >= 0.3 is 0 Å². The number of pyridine rings is 1. The summed E-state index contributed by atoms with van der Waals surface area (Å²) >= 11 is 0. The molecule has 0 aliphatic carbocycles. The molecule has 0 N–H and O–H groups in total. The van der Waals surface area contributed by atoms with Crippen LogP contribution in [0.25, 0.3) is 27.6 Å². The van der Waals surface area contributed by atoms with Crippen LogP contribution in [0.1, 0.15) is 37.5 Å². The van der Waals surface area contributed by atoms with E-state index in [0.29, 0.717) is 11.5 Å². The van der Waals surface area contributed by atoms with Gasteiger partial charge in [0.2, 0.25) is 0 Å². The normalized spacial score (nSPS) is 12.8. The topological polar surface area (TPSA) is 33.5 Å². The first kappa shape index (κ1) is 31.7. The summed E-state index contributed by atoms with van der Waals surface area (Å²) in [6.07, 6.45) is 1.93. The molecule has 0 unspecified atom stereocenters. The molecule has 1 aliphatic heterocycles. The van der Waals surface area contributed by atoms with Crippen molar-refractivity contribution in [2.75, 3.05) is 9.80 Å². The van der Waals surface area contributed by atoms with Gasteiger partial charge in [-0.15, -0.1) is 48.1 Å². The smallest absolute Gasteiger partial charge is 0.135 e. The molecule has 5 aromatic carbocycles. The van der Waals surface area contributed by atoms with Gasteiger partial charge in [0.25, 0.3) is 0 Å². The molecule has 0 spiro atoms. The zero-order valence-electron chi connectivity index (χ0n) is 27.6. The summed E-state index contributed by atoms with van der Waals surface area (Å²) in [5, 5.41) is 2.25. The molecule has 8 rings (SSSR count). The molecule has 48 heavy (non-hydrogen) atoms. The summed E-state index contributed by atoms with van der Waals surface area (Å²) in [4.78, 5) is 9.21. The van der Waals surface area contributed by atoms with Gasteiger partial charge in [0.1, 0.15) is 5.82 Å². The van der Waals surface area contributed by atoms with Crippen molar-refractivity contribution in [1.29, 1.82) is 0 Å². The number of nitrogens with zero attached hydrogens (tertiary/aromatic N) is 4. The maximum Gasteiger partial charge on any atom is 0.135 e. The Hall–Kier alpha value is -4.86. The van der Waals surface area contributed by atoms with E-state index in [1.54, 1.807) is 0 Å². The van der Waals surface area contributed by atoms with Gasteiger partial charge in [-0.25, -0.2) is 4.98 Å². The van der Waals surface area contributed by atoms with E-state index in [-0.39, 0.29) is 26.5 Å². The first-order valence-corrected chi connectivity index (χ1v) is 16.0. The van der Waals surface area contributed by atoms with E-state index in [2.05, 4.69) is 159 Å². The van der Waals surface area contributed by atoms with E-state index in [4.69, 9.17) is 9.72 Å². The monoisotopic (exact) mass is 806 g/mol. The summed E-state index contributed by atoms with van der Waals surface area (Å²) in [5.41, 5.74) is 9.92. The number of aryl methyl sites for hydroxylation is 2. The molecule has 2 aromatic heterocycles. The Morgan fingerprint density at radius 3 is 2.21 bits per heavy atom. The molecule has 0 saturated carbocycles. The minimum atomic E-state index is 0. The van der Waals surface area contributed by atoms with Gasteiger partial charge < -0.3 is 19.1 Å². The number of benzene rings is 5. The van der Waals surface area contributed by atoms with Crippen molar-refractivity contribution >= 4 is 44.6 Å². The van der Waals surface area contributed by atoms with Gasteiger partial charge in [-0.05, 0) is 77.7 Å². The van der Waals surface area contributed by atoms with Crippen LogP contribution in [0.4, 0.5) is 22.7 Å². The largest absolute Gasteiger partial charge is 0.509 e. The summed E-state index contributed by atoms with van der Waals surface area (Å²) in [5.74, 6) is 2.09. The Bertz CT molecular complexity index is 2300. The van der Waals surface area contributed by atoms with Crippen LogP contribution >= 0.6 is 0 Å². The van der Waals surface area contributed by atoms with Crippen molar-refractivity contribution in [2.24, 2.45) is 0 Å². The summed E-state index contributed by atoms with van der Waals surface area (Å²) < 4.78 is 8.64. The van der Waals surface area contributed by atoms with Crippen LogP contribution in [-0.2, 0) is 26.5 Å². The average Bonchev–Trinajstić information content (AvgIpc) is 3.62. The fourth-order valence-electron chi connectivity index (χ4n) is 6.29. The van der Waals surface area contributed by atoms with Crippen molar-refractivity contribution in [3.63, 3.8) is 0 Å². The van der Waals surface area contributed by atoms with Crippen LogP contribution in [-0.4, -0.2) is 9.55 Å². The Morgan fingerprint density at radius 1 is 0.688 bits per heavy atom. The molecule has 3 heterocycles. The Kier molecular flexibility index (Phi) is 8.13. The van der Waals surface area contributed by atoms with Gasteiger partial charge in [0.05, 0.1) is 0 Å². The number of hydrogen-bond acceptors (Lipinski definition) is 4. The average molecular weight is 807 g/mol. The van der Waals surface area contributed by atoms with Crippen LogP contribution in [0, 0.1) is 32.6 Å². The van der Waals surface area contributed by atoms with Gasteiger partial charge in [-0.1, -0.05) is 68.8 Å². The number of aromatic nitrogens is 2. The minimum absolute atomic E-state index is 0. The van der Waals surface area contributed by atoms with Crippen molar-refractivity contribution in [2.45, 2.75) is 40.0 Å². The molecule has 1 aliphatic rings. The standard InChI is InChI=1S/C42H35N4O.Pt/c1-28-22-41(43-26-29(28)2)46-37-17-7-6-16-35(37)36-21-20-34(25-40(36)46)47-33-15-11-14-32(24-33)45-27-44(38-18-8-9-19-39(38)45)31-13-10-12-30(23-31)42(3,4)5;/h6-23,26-27H,1-5H3;/q-3;. The van der Waals surface area contributed by atoms with Crippen LogP contribution in [0.3, 0.4) is 0 Å². The number of rotatable bonds is 5. The second-order valence-electron chi connectivity index (χ2n) is 13.2. The first-order chi connectivity index (χ1) is 22.7. The van der Waals surface area contributed by atoms with E-state index < -0.39 is 0 Å². The summed E-state index contributed by atoms with van der Waals surface area (Å²) in [6, 6.07) is 45.0. The van der Waals surface area contributed by atoms with Crippen LogP contribution in [0.15, 0.2) is 115 Å². The predicted molar refractivity (Wildman–Crippen MR) is 192 cm³/mol. The molecule has 0 radical (unpaired) electrons. The number of ether oxygens (including phenoxy) is 1. The second kappa shape index (κ2) is 12.3. The second-order valence-corrected chi connectivity index (χ2v) is 13.2. The SMILES string of the molecule is Cc1cnc(-n2c3[c-]c(Oc4[c-]c(N5[CH-]N(c6cccc(C(C)(C)C)c6)c6ccccc65)ccc4)ccc3c3ccccc32)cc1C.[Pt]. The quantitative estimate of drug-likeness (QED) is 0.162. The molecule has 0 fully saturated rings. The van der Waals surface area contributed by atoms with Crippen LogP contribution in [0.5, 0.6) is 11.5 Å². The van der Waals surface area contributed by atoms with Gasteiger partial charge in [0, 0.05) is 61.3 Å². The Morgan fingerprint density at radius 2 is 1.42 bits per heavy atom. The van der Waals surface area contributed by atoms with Crippen molar-refractivity contribution < 1.29 is 25.8 Å². The molecular formula is C42H35N4OPt-3. The fraction of sp³-hybridized carbons (Fsp3) is 0.143. The molecule has 5 nitrogen and oxygen atoms in total. The number of fused-ring (bicyclic) bond motifs is 4. The van der Waals surface area contributed by atoms with E-state index >= 15 is 0 Å². The molecular weight excluding hydrogens is 772 g/mol. The number of hydrogen-bond donors (Lipinski definition) is 0. The van der Waals surface area contributed by atoms with Crippen LogP contribution in [0.2, 0.25) is 0 Å². The van der Waals surface area contributed by atoms with E-state index in [0.717, 1.165) is 55.9 Å². The predicted octanol–water partition coefficient (Wildman–Crippen LogP) is 10.9. The fourth-order valence-corrected chi connectivity index (χ4v) is 6.29. The van der Waals surface area contributed by atoms with E-state index in [1.807, 2.05) is 24.4 Å². The molecule has 0 bridgehead atoms. The number of anilines is 4. The Balaban J connectivity index is 0.00000364. The zero-order valence-corrected chi connectivity index (χ0v) is 29.8. The van der Waals surface area contributed by atoms with Gasteiger partial charge in [-0.3, -0.25) is 0 Å². The number of para-hydroxylation sites is 3. The molecule has 0 amide bonds. The maximum absolute atomic E-state index is 6.47. The van der Waals surface area contributed by atoms with Crippen molar-refractivity contribution in [1.82, 2.24) is 9.55 Å². The third kappa shape index (κ3) is 5.56. The summed E-state index contributed by atoms with van der Waals surface area (Å²) in [7, 11) is 0. The van der Waals surface area contributed by atoms with Gasteiger partial charge in [0.15, 0.2) is 0 Å². The molecule has 242 valence electrons. The minimum Gasteiger partial charge on any atom is -0.509 e. The maximum atomic E-state index is 6.47. The first-order valence-electron chi connectivity index (χ1n) is 16.0. The molecule has 0 saturated heterocycles. The molecule has 0 atom stereocenters. The third-order valence-corrected chi connectivity index (χ3v) is 9.00. The summed E-state index contributed by atoms with van der Waals surface area (Å²) in [6.45, 7) is 13.1. The zero-order chi connectivity index (χ0) is 32.3. The van der Waals surface area contributed by atoms with Crippen molar-refractivity contribution in [3.05, 3.63) is 151 Å². The van der Waals surface area contributed by atoms with E-state index in [1.165, 1.54) is 11.1 Å². The van der Waals surface area contributed by atoms with E-state index in [9.17, 15) is 0 Å². The Labute approximate surface area is 296 Å². The van der Waals surface area contributed by atoms with Crippen LogP contribution < -0.4 is 14.5 Å². The van der Waals surface area contributed by atoms with Gasteiger partial charge in [-0.2, -0.15) is 12.1 Å². The molecule has 7 aromatic rings. The third-order valence-electron chi connectivity index (χ3n) is 9.00. The molecule has 6 heteroatoms. The van der Waals surface area contributed by atoms with Crippen molar-refractivity contribution in [3.8, 4) is 17.3 Å².